The second-order valence-electron chi connectivity index (χ2n) is 5.13. The second kappa shape index (κ2) is 5.44. The van der Waals surface area contributed by atoms with Crippen molar-refractivity contribution in [3.63, 3.8) is 0 Å². The van der Waals surface area contributed by atoms with Gasteiger partial charge < -0.3 is 10.1 Å². The van der Waals surface area contributed by atoms with Gasteiger partial charge in [-0.1, -0.05) is 15.9 Å². The minimum Gasteiger partial charge on any atom is -0.482 e. The number of carbonyl (C=O) groups excluding carboxylic acids is 2. The van der Waals surface area contributed by atoms with E-state index in [1.54, 1.807) is 12.1 Å². The van der Waals surface area contributed by atoms with E-state index in [1.807, 2.05) is 6.07 Å². The molecule has 1 saturated carbocycles. The van der Waals surface area contributed by atoms with Gasteiger partial charge in [-0.05, 0) is 37.0 Å². The number of rotatable bonds is 4. The lowest BCUT2D eigenvalue weighted by Gasteiger charge is -2.29. The molecule has 0 radical (unpaired) electrons. The molecule has 6 heteroatoms. The van der Waals surface area contributed by atoms with Crippen LogP contribution in [0.25, 0.3) is 0 Å². The number of carbonyl (C=O) groups is 2. The van der Waals surface area contributed by atoms with Crippen LogP contribution in [0.1, 0.15) is 12.8 Å². The number of fused-ring (bicyclic) bond motifs is 1. The fourth-order valence-corrected chi connectivity index (χ4v) is 2.47. The molecule has 20 heavy (non-hydrogen) atoms. The van der Waals surface area contributed by atoms with Crippen molar-refractivity contribution >= 4 is 33.4 Å². The van der Waals surface area contributed by atoms with Crippen molar-refractivity contribution in [2.24, 2.45) is 5.92 Å². The number of hydrogen-bond acceptors (Lipinski definition) is 3. The molecule has 1 heterocycles. The van der Waals surface area contributed by atoms with Crippen LogP contribution < -0.4 is 15.0 Å². The van der Waals surface area contributed by atoms with E-state index in [9.17, 15) is 9.59 Å². The van der Waals surface area contributed by atoms with Crippen molar-refractivity contribution < 1.29 is 14.3 Å². The summed E-state index contributed by atoms with van der Waals surface area (Å²) in [7, 11) is 0. The quantitative estimate of drug-likeness (QED) is 0.908. The summed E-state index contributed by atoms with van der Waals surface area (Å²) in [6, 6.07) is 5.41. The molecule has 2 amide bonds. The smallest absolute Gasteiger partial charge is 0.265 e. The van der Waals surface area contributed by atoms with Crippen molar-refractivity contribution in [3.8, 4) is 5.75 Å². The van der Waals surface area contributed by atoms with E-state index in [-0.39, 0.29) is 25.0 Å². The fourth-order valence-electron chi connectivity index (χ4n) is 2.13. The highest BCUT2D eigenvalue weighted by Crippen LogP contribution is 2.34. The number of amides is 2. The highest BCUT2D eigenvalue weighted by atomic mass is 79.9. The van der Waals surface area contributed by atoms with E-state index in [0.717, 1.165) is 4.47 Å². The maximum atomic E-state index is 11.9. The topological polar surface area (TPSA) is 58.6 Å². The van der Waals surface area contributed by atoms with Crippen molar-refractivity contribution in [1.29, 1.82) is 0 Å². The van der Waals surface area contributed by atoms with Gasteiger partial charge in [-0.3, -0.25) is 14.5 Å². The molecule has 5 nitrogen and oxygen atoms in total. The van der Waals surface area contributed by atoms with Crippen molar-refractivity contribution in [1.82, 2.24) is 5.32 Å². The molecule has 1 aliphatic carbocycles. The lowest BCUT2D eigenvalue weighted by atomic mass is 10.2. The van der Waals surface area contributed by atoms with E-state index in [0.29, 0.717) is 23.9 Å². The number of nitrogens with zero attached hydrogens (tertiary/aromatic N) is 1. The molecular weight excluding hydrogens is 324 g/mol. The first-order valence-electron chi connectivity index (χ1n) is 6.63. The van der Waals surface area contributed by atoms with Gasteiger partial charge in [-0.15, -0.1) is 0 Å². The largest absolute Gasteiger partial charge is 0.482 e. The molecule has 2 aliphatic rings. The molecule has 1 aliphatic heterocycles. The van der Waals surface area contributed by atoms with Crippen LogP contribution in [0.15, 0.2) is 22.7 Å². The Kier molecular flexibility index (Phi) is 3.65. The first-order chi connectivity index (χ1) is 9.63. The maximum absolute atomic E-state index is 11.9. The molecule has 0 saturated heterocycles. The van der Waals surface area contributed by atoms with Gasteiger partial charge >= 0.3 is 0 Å². The Morgan fingerprint density at radius 3 is 3.00 bits per heavy atom. The maximum Gasteiger partial charge on any atom is 0.265 e. The van der Waals surface area contributed by atoms with Crippen LogP contribution in [0.5, 0.6) is 5.75 Å². The number of halogens is 1. The number of hydrogen-bond donors (Lipinski definition) is 1. The zero-order valence-electron chi connectivity index (χ0n) is 10.9. The van der Waals surface area contributed by atoms with Gasteiger partial charge in [0.1, 0.15) is 12.3 Å². The molecule has 1 aromatic carbocycles. The van der Waals surface area contributed by atoms with Gasteiger partial charge in [0.05, 0.1) is 5.69 Å². The average molecular weight is 339 g/mol. The molecule has 0 bridgehead atoms. The first kappa shape index (κ1) is 13.4. The molecule has 0 unspecified atom stereocenters. The Hall–Kier alpha value is -1.56. The third-order valence-electron chi connectivity index (χ3n) is 3.45. The summed E-state index contributed by atoms with van der Waals surface area (Å²) in [6.45, 7) is 0.730. The van der Waals surface area contributed by atoms with E-state index >= 15 is 0 Å². The predicted molar refractivity (Wildman–Crippen MR) is 77.7 cm³/mol. The predicted octanol–water partition coefficient (Wildman–Crippen LogP) is 1.70. The van der Waals surface area contributed by atoms with Crippen LogP contribution in [0, 0.1) is 5.92 Å². The summed E-state index contributed by atoms with van der Waals surface area (Å²) < 4.78 is 6.26. The monoisotopic (exact) mass is 338 g/mol. The lowest BCUT2D eigenvalue weighted by molar-refractivity contribution is -0.125. The zero-order chi connectivity index (χ0) is 14.1. The zero-order valence-corrected chi connectivity index (χ0v) is 12.5. The van der Waals surface area contributed by atoms with E-state index in [2.05, 4.69) is 21.2 Å². The highest BCUT2D eigenvalue weighted by molar-refractivity contribution is 9.10. The molecule has 3 rings (SSSR count). The van der Waals surface area contributed by atoms with Gasteiger partial charge in [0.2, 0.25) is 5.91 Å². The van der Waals surface area contributed by atoms with Crippen LogP contribution in [-0.4, -0.2) is 31.5 Å². The number of ether oxygens (including phenoxy) is 1. The minimum atomic E-state index is -0.193. The number of benzene rings is 1. The Bertz CT molecular complexity index is 557. The Morgan fingerprint density at radius 2 is 2.25 bits per heavy atom. The Balaban J connectivity index is 1.71. The standard InChI is InChI=1S/C14H15BrN2O3/c15-10-3-4-11-12(5-10)20-8-14(19)17(11)7-13(18)16-6-9-1-2-9/h3-5,9H,1-2,6-8H2,(H,16,18). The molecule has 0 spiro atoms. The van der Waals surface area contributed by atoms with Gasteiger partial charge in [0.15, 0.2) is 6.61 Å². The third kappa shape index (κ3) is 2.95. The summed E-state index contributed by atoms with van der Waals surface area (Å²) in [5.74, 6) is 0.930. The number of anilines is 1. The van der Waals surface area contributed by atoms with E-state index in [4.69, 9.17) is 4.74 Å². The summed E-state index contributed by atoms with van der Waals surface area (Å²) in [5.41, 5.74) is 0.644. The fraction of sp³-hybridized carbons (Fsp3) is 0.429. The molecule has 106 valence electrons. The first-order valence-corrected chi connectivity index (χ1v) is 7.42. The van der Waals surface area contributed by atoms with Crippen molar-refractivity contribution in [2.45, 2.75) is 12.8 Å². The van der Waals surface area contributed by atoms with Crippen molar-refractivity contribution in [2.75, 3.05) is 24.6 Å². The molecule has 1 fully saturated rings. The third-order valence-corrected chi connectivity index (χ3v) is 3.94. The van der Waals surface area contributed by atoms with Crippen LogP contribution in [0.2, 0.25) is 0 Å². The van der Waals surface area contributed by atoms with Crippen LogP contribution in [0.4, 0.5) is 5.69 Å². The molecule has 0 atom stereocenters. The van der Waals surface area contributed by atoms with Gasteiger partial charge in [-0.2, -0.15) is 0 Å². The summed E-state index contributed by atoms with van der Waals surface area (Å²) >= 11 is 3.36. The van der Waals surface area contributed by atoms with Crippen LogP contribution in [0.3, 0.4) is 0 Å². The Morgan fingerprint density at radius 1 is 1.45 bits per heavy atom. The van der Waals surface area contributed by atoms with Gasteiger partial charge in [-0.25, -0.2) is 0 Å². The normalized spacial score (nSPS) is 17.4. The number of nitrogens with one attached hydrogen (secondary N) is 1. The Labute approximate surface area is 125 Å². The molecular formula is C14H15BrN2O3. The highest BCUT2D eigenvalue weighted by Gasteiger charge is 2.28. The van der Waals surface area contributed by atoms with Gasteiger partial charge in [0, 0.05) is 11.0 Å². The average Bonchev–Trinajstić information content (AvgIpc) is 3.24. The summed E-state index contributed by atoms with van der Waals surface area (Å²) in [6.07, 6.45) is 2.38. The molecule has 1 N–H and O–H groups in total. The van der Waals surface area contributed by atoms with E-state index in [1.165, 1.54) is 17.7 Å². The SMILES string of the molecule is O=C(CN1C(=O)COc2cc(Br)ccc21)NCC1CC1. The summed E-state index contributed by atoms with van der Waals surface area (Å²) in [5, 5.41) is 2.87. The van der Waals surface area contributed by atoms with Crippen molar-refractivity contribution in [3.05, 3.63) is 22.7 Å². The minimum absolute atomic E-state index is 0.0284. The molecule has 0 aromatic heterocycles. The van der Waals surface area contributed by atoms with Crippen LogP contribution >= 0.6 is 15.9 Å². The van der Waals surface area contributed by atoms with Gasteiger partial charge in [0.25, 0.3) is 5.91 Å². The molecule has 1 aromatic rings. The van der Waals surface area contributed by atoms with E-state index < -0.39 is 0 Å². The second-order valence-corrected chi connectivity index (χ2v) is 6.04. The van der Waals surface area contributed by atoms with Crippen LogP contribution in [-0.2, 0) is 9.59 Å². The lowest BCUT2D eigenvalue weighted by Crippen LogP contribution is -2.45. The summed E-state index contributed by atoms with van der Waals surface area (Å²) in [4.78, 5) is 25.3.